The Morgan fingerprint density at radius 3 is 2.58 bits per heavy atom. The molecule has 1 unspecified atom stereocenters. The van der Waals surface area contributed by atoms with E-state index in [1.165, 1.54) is 16.2 Å². The van der Waals surface area contributed by atoms with Crippen molar-refractivity contribution in [3.8, 4) is 5.75 Å². The number of aromatic nitrogens is 1. The number of rotatable bonds is 6. The Labute approximate surface area is 197 Å². The van der Waals surface area contributed by atoms with Gasteiger partial charge in [-0.1, -0.05) is 6.07 Å². The van der Waals surface area contributed by atoms with Crippen LogP contribution in [-0.2, 0) is 16.1 Å². The number of ketones is 1. The highest BCUT2D eigenvalue weighted by Crippen LogP contribution is 2.43. The van der Waals surface area contributed by atoms with E-state index in [4.69, 9.17) is 4.74 Å². The SMILES string of the molecule is Cc1cc(/C(O)=C2/C(=O)C(=O)N(Cc3cccnc3)C2c2sccc2C)ccc1OC(C)C. The quantitative estimate of drug-likeness (QED) is 0.311. The fraction of sp³-hybridized carbons (Fsp3) is 0.269. The molecule has 1 atom stereocenters. The first-order chi connectivity index (χ1) is 15.8. The van der Waals surface area contributed by atoms with Gasteiger partial charge in [0.15, 0.2) is 0 Å². The molecule has 0 bridgehead atoms. The number of nitrogens with zero attached hydrogens (tertiary/aromatic N) is 2. The minimum atomic E-state index is -0.686. The van der Waals surface area contributed by atoms with Crippen LogP contribution in [0.25, 0.3) is 5.76 Å². The van der Waals surface area contributed by atoms with Gasteiger partial charge < -0.3 is 14.7 Å². The van der Waals surface area contributed by atoms with Crippen LogP contribution in [0.1, 0.15) is 47.0 Å². The lowest BCUT2D eigenvalue weighted by Crippen LogP contribution is -2.29. The predicted molar refractivity (Wildman–Crippen MR) is 128 cm³/mol. The molecule has 7 heteroatoms. The molecular formula is C26H26N2O4S. The summed E-state index contributed by atoms with van der Waals surface area (Å²) in [4.78, 5) is 32.8. The van der Waals surface area contributed by atoms with Gasteiger partial charge in [0.25, 0.3) is 11.7 Å². The molecule has 33 heavy (non-hydrogen) atoms. The highest BCUT2D eigenvalue weighted by atomic mass is 32.1. The van der Waals surface area contributed by atoms with E-state index in [0.717, 1.165) is 21.6 Å². The molecule has 3 heterocycles. The number of pyridine rings is 1. The van der Waals surface area contributed by atoms with Crippen LogP contribution in [0.3, 0.4) is 0 Å². The molecule has 4 rings (SSSR count). The van der Waals surface area contributed by atoms with Gasteiger partial charge in [-0.3, -0.25) is 14.6 Å². The van der Waals surface area contributed by atoms with Crippen molar-refractivity contribution >= 4 is 28.8 Å². The van der Waals surface area contributed by atoms with Crippen molar-refractivity contribution in [2.75, 3.05) is 0 Å². The number of carbonyl (C=O) groups excluding carboxylic acids is 2. The van der Waals surface area contributed by atoms with E-state index in [0.29, 0.717) is 11.3 Å². The summed E-state index contributed by atoms with van der Waals surface area (Å²) in [5, 5.41) is 13.2. The maximum atomic E-state index is 13.2. The second-order valence-electron chi connectivity index (χ2n) is 8.40. The number of amides is 1. The Morgan fingerprint density at radius 1 is 1.18 bits per heavy atom. The maximum absolute atomic E-state index is 13.2. The van der Waals surface area contributed by atoms with Crippen LogP contribution >= 0.6 is 11.3 Å². The highest BCUT2D eigenvalue weighted by Gasteiger charge is 2.47. The number of carbonyl (C=O) groups is 2. The molecule has 6 nitrogen and oxygen atoms in total. The topological polar surface area (TPSA) is 79.7 Å². The number of benzene rings is 1. The molecule has 0 radical (unpaired) electrons. The van der Waals surface area contributed by atoms with E-state index in [2.05, 4.69) is 4.98 Å². The number of aliphatic hydroxyl groups is 1. The molecule has 3 aromatic rings. The molecule has 0 aliphatic carbocycles. The van der Waals surface area contributed by atoms with Gasteiger partial charge in [0.05, 0.1) is 11.7 Å². The number of Topliss-reactive ketones (excluding diaryl/α,β-unsaturated/α-hetero) is 1. The van der Waals surface area contributed by atoms with Crippen molar-refractivity contribution in [2.24, 2.45) is 0 Å². The molecule has 1 aliphatic rings. The molecule has 1 N–H and O–H groups in total. The largest absolute Gasteiger partial charge is 0.507 e. The Bertz CT molecular complexity index is 1230. The van der Waals surface area contributed by atoms with Crippen molar-refractivity contribution in [3.63, 3.8) is 0 Å². The monoisotopic (exact) mass is 462 g/mol. The van der Waals surface area contributed by atoms with Gasteiger partial charge >= 0.3 is 0 Å². The summed E-state index contributed by atoms with van der Waals surface area (Å²) < 4.78 is 5.79. The lowest BCUT2D eigenvalue weighted by Gasteiger charge is -2.25. The zero-order chi connectivity index (χ0) is 23.7. The van der Waals surface area contributed by atoms with Crippen LogP contribution in [0.4, 0.5) is 0 Å². The molecule has 1 aliphatic heterocycles. The Hall–Kier alpha value is -3.45. The van der Waals surface area contributed by atoms with E-state index >= 15 is 0 Å². The van der Waals surface area contributed by atoms with Crippen molar-refractivity contribution in [1.82, 2.24) is 9.88 Å². The average Bonchev–Trinajstić information content (AvgIpc) is 3.31. The number of hydrogen-bond acceptors (Lipinski definition) is 6. The average molecular weight is 463 g/mol. The number of likely N-dealkylation sites (tertiary alicyclic amines) is 1. The molecule has 1 amide bonds. The summed E-state index contributed by atoms with van der Waals surface area (Å²) in [5.41, 5.74) is 3.19. The number of aryl methyl sites for hydroxylation is 2. The lowest BCUT2D eigenvalue weighted by atomic mass is 9.97. The smallest absolute Gasteiger partial charge is 0.295 e. The van der Waals surface area contributed by atoms with Crippen LogP contribution in [-0.4, -0.2) is 32.8 Å². The number of thiophene rings is 1. The zero-order valence-corrected chi connectivity index (χ0v) is 19.8. The standard InChI is InChI=1S/C26H26N2O4S/c1-15(2)32-20-8-7-19(12-17(20)4)23(29)21-22(25-16(3)9-11-33-25)28(26(31)24(21)30)14-18-6-5-10-27-13-18/h5-13,15,22,29H,14H2,1-4H3/b23-21-. The van der Waals surface area contributed by atoms with Crippen LogP contribution in [0, 0.1) is 13.8 Å². The highest BCUT2D eigenvalue weighted by molar-refractivity contribution is 7.10. The van der Waals surface area contributed by atoms with E-state index in [1.54, 1.807) is 36.7 Å². The van der Waals surface area contributed by atoms with Crippen LogP contribution in [0.5, 0.6) is 5.75 Å². The Kier molecular flexibility index (Phi) is 6.33. The van der Waals surface area contributed by atoms with E-state index < -0.39 is 17.7 Å². The summed E-state index contributed by atoms with van der Waals surface area (Å²) in [5.74, 6) is -0.785. The molecule has 1 saturated heterocycles. The molecule has 0 spiro atoms. The van der Waals surface area contributed by atoms with Gasteiger partial charge in [0, 0.05) is 29.4 Å². The molecule has 0 saturated carbocycles. The van der Waals surface area contributed by atoms with Crippen LogP contribution in [0.2, 0.25) is 0 Å². The molecule has 170 valence electrons. The van der Waals surface area contributed by atoms with E-state index in [9.17, 15) is 14.7 Å². The number of hydrogen-bond donors (Lipinski definition) is 1. The third-order valence-corrected chi connectivity index (χ3v) is 6.65. The zero-order valence-electron chi connectivity index (χ0n) is 19.0. The van der Waals surface area contributed by atoms with Crippen molar-refractivity contribution < 1.29 is 19.4 Å². The van der Waals surface area contributed by atoms with Gasteiger partial charge in [-0.15, -0.1) is 11.3 Å². The maximum Gasteiger partial charge on any atom is 0.295 e. The molecule has 2 aromatic heterocycles. The van der Waals surface area contributed by atoms with Gasteiger partial charge in [0.1, 0.15) is 17.6 Å². The Balaban J connectivity index is 1.82. The first-order valence-corrected chi connectivity index (χ1v) is 11.6. The predicted octanol–water partition coefficient (Wildman–Crippen LogP) is 5.17. The fourth-order valence-electron chi connectivity index (χ4n) is 4.01. The van der Waals surface area contributed by atoms with Gasteiger partial charge in [-0.25, -0.2) is 0 Å². The van der Waals surface area contributed by atoms with Crippen molar-refractivity contribution in [1.29, 1.82) is 0 Å². The third-order valence-electron chi connectivity index (χ3n) is 5.58. The minimum Gasteiger partial charge on any atom is -0.507 e. The second kappa shape index (κ2) is 9.19. The summed E-state index contributed by atoms with van der Waals surface area (Å²) in [6.45, 7) is 7.94. The normalized spacial score (nSPS) is 17.7. The molecule has 1 aromatic carbocycles. The minimum absolute atomic E-state index is 0.0164. The number of aliphatic hydroxyl groups excluding tert-OH is 1. The van der Waals surface area contributed by atoms with Gasteiger partial charge in [-0.2, -0.15) is 0 Å². The summed E-state index contributed by atoms with van der Waals surface area (Å²) in [7, 11) is 0. The lowest BCUT2D eigenvalue weighted by molar-refractivity contribution is -0.140. The first-order valence-electron chi connectivity index (χ1n) is 10.8. The second-order valence-corrected chi connectivity index (χ2v) is 9.35. The van der Waals surface area contributed by atoms with Gasteiger partial charge in [-0.05, 0) is 80.1 Å². The first kappa shape index (κ1) is 22.7. The molecule has 1 fully saturated rings. The summed E-state index contributed by atoms with van der Waals surface area (Å²) in [6.07, 6.45) is 3.35. The fourth-order valence-corrected chi connectivity index (χ4v) is 5.05. The summed E-state index contributed by atoms with van der Waals surface area (Å²) >= 11 is 1.47. The third kappa shape index (κ3) is 4.41. The van der Waals surface area contributed by atoms with Crippen LogP contribution < -0.4 is 4.74 Å². The van der Waals surface area contributed by atoms with Gasteiger partial charge in [0.2, 0.25) is 0 Å². The van der Waals surface area contributed by atoms with E-state index in [1.807, 2.05) is 45.2 Å². The van der Waals surface area contributed by atoms with E-state index in [-0.39, 0.29) is 24.0 Å². The van der Waals surface area contributed by atoms with Crippen LogP contribution in [0.15, 0.2) is 59.7 Å². The van der Waals surface area contributed by atoms with Crippen molar-refractivity contribution in [2.45, 2.75) is 46.4 Å². The van der Waals surface area contributed by atoms with Crippen molar-refractivity contribution in [3.05, 3.63) is 86.9 Å². The molecular weight excluding hydrogens is 436 g/mol. The Morgan fingerprint density at radius 2 is 1.97 bits per heavy atom. The summed E-state index contributed by atoms with van der Waals surface area (Å²) in [6, 6.07) is 10.2. The number of ether oxygens (including phenoxy) is 1.